The lowest BCUT2D eigenvalue weighted by Gasteiger charge is -2.07. The topological polar surface area (TPSA) is 80.0 Å². The number of nitrogens with two attached hydrogens (primary N) is 1. The molecule has 5 nitrogen and oxygen atoms in total. The van der Waals surface area contributed by atoms with Crippen molar-refractivity contribution >= 4 is 57.1 Å². The summed E-state index contributed by atoms with van der Waals surface area (Å²) in [6, 6.07) is 5.49. The first-order valence-corrected chi connectivity index (χ1v) is 7.90. The Bertz CT molecular complexity index is 699. The zero-order chi connectivity index (χ0) is 15.0. The van der Waals surface area contributed by atoms with Crippen LogP contribution in [0.1, 0.15) is 22.5 Å². The Morgan fingerprint density at radius 1 is 1.38 bits per heavy atom. The molecule has 0 bridgehead atoms. The SMILES string of the molecule is Nc1nc(NC2CC2)sc1C(=O)Nc1cccc(Cl)c1Cl. The molecular weight excluding hydrogens is 331 g/mol. The van der Waals surface area contributed by atoms with Crippen LogP contribution in [0, 0.1) is 0 Å². The van der Waals surface area contributed by atoms with E-state index in [0.29, 0.717) is 31.8 Å². The maximum atomic E-state index is 12.3. The van der Waals surface area contributed by atoms with Crippen molar-refractivity contribution in [3.05, 3.63) is 33.1 Å². The molecule has 21 heavy (non-hydrogen) atoms. The van der Waals surface area contributed by atoms with Gasteiger partial charge < -0.3 is 16.4 Å². The second kappa shape index (κ2) is 5.71. The molecule has 0 aliphatic heterocycles. The van der Waals surface area contributed by atoms with Crippen molar-refractivity contribution in [1.29, 1.82) is 0 Å². The van der Waals surface area contributed by atoms with Crippen LogP contribution in [0.3, 0.4) is 0 Å². The van der Waals surface area contributed by atoms with Gasteiger partial charge in [0.05, 0.1) is 15.7 Å². The molecule has 1 amide bonds. The fourth-order valence-electron chi connectivity index (χ4n) is 1.74. The van der Waals surface area contributed by atoms with Crippen LogP contribution in [-0.2, 0) is 0 Å². The third kappa shape index (κ3) is 3.23. The lowest BCUT2D eigenvalue weighted by atomic mass is 10.3. The van der Waals surface area contributed by atoms with Crippen molar-refractivity contribution in [3.63, 3.8) is 0 Å². The molecule has 1 fully saturated rings. The molecule has 2 aromatic rings. The van der Waals surface area contributed by atoms with E-state index in [4.69, 9.17) is 28.9 Å². The van der Waals surface area contributed by atoms with Crippen molar-refractivity contribution < 1.29 is 4.79 Å². The largest absolute Gasteiger partial charge is 0.382 e. The Morgan fingerprint density at radius 2 is 2.14 bits per heavy atom. The van der Waals surface area contributed by atoms with Gasteiger partial charge >= 0.3 is 0 Å². The molecular formula is C13H12Cl2N4OS. The Morgan fingerprint density at radius 3 is 2.86 bits per heavy atom. The Balaban J connectivity index is 1.78. The second-order valence-corrected chi connectivity index (χ2v) is 6.49. The van der Waals surface area contributed by atoms with Gasteiger partial charge in [0, 0.05) is 6.04 Å². The number of benzene rings is 1. The van der Waals surface area contributed by atoms with E-state index in [1.807, 2.05) is 0 Å². The molecule has 1 saturated carbocycles. The minimum absolute atomic E-state index is 0.207. The Labute approximate surface area is 135 Å². The van der Waals surface area contributed by atoms with Crippen LogP contribution in [0.15, 0.2) is 18.2 Å². The van der Waals surface area contributed by atoms with Gasteiger partial charge in [0.2, 0.25) is 0 Å². The van der Waals surface area contributed by atoms with Gasteiger partial charge in [-0.25, -0.2) is 4.98 Å². The van der Waals surface area contributed by atoms with Gasteiger partial charge in [0.15, 0.2) is 5.13 Å². The van der Waals surface area contributed by atoms with Gasteiger partial charge in [0.25, 0.3) is 5.91 Å². The highest BCUT2D eigenvalue weighted by molar-refractivity contribution is 7.18. The number of carbonyl (C=O) groups excluding carboxylic acids is 1. The van der Waals surface area contributed by atoms with E-state index >= 15 is 0 Å². The zero-order valence-corrected chi connectivity index (χ0v) is 13.1. The highest BCUT2D eigenvalue weighted by Crippen LogP contribution is 2.33. The third-order valence-electron chi connectivity index (χ3n) is 2.96. The molecule has 1 aromatic heterocycles. The number of nitrogen functional groups attached to an aromatic ring is 1. The number of nitrogens with zero attached hydrogens (tertiary/aromatic N) is 1. The van der Waals surface area contributed by atoms with Gasteiger partial charge in [-0.1, -0.05) is 40.6 Å². The number of halogens is 2. The molecule has 1 aliphatic rings. The first-order chi connectivity index (χ1) is 10.0. The Hall–Kier alpha value is -1.50. The highest BCUT2D eigenvalue weighted by atomic mass is 35.5. The molecule has 0 radical (unpaired) electrons. The summed E-state index contributed by atoms with van der Waals surface area (Å²) in [5.41, 5.74) is 6.24. The number of rotatable bonds is 4. The molecule has 0 spiro atoms. The van der Waals surface area contributed by atoms with E-state index in [-0.39, 0.29) is 11.7 Å². The van der Waals surface area contributed by atoms with Gasteiger partial charge in [0.1, 0.15) is 10.7 Å². The minimum Gasteiger partial charge on any atom is -0.382 e. The van der Waals surface area contributed by atoms with Crippen molar-refractivity contribution in [2.45, 2.75) is 18.9 Å². The van der Waals surface area contributed by atoms with Gasteiger partial charge in [-0.3, -0.25) is 4.79 Å². The summed E-state index contributed by atoms with van der Waals surface area (Å²) in [4.78, 5) is 16.8. The lowest BCUT2D eigenvalue weighted by molar-refractivity contribution is 0.103. The average Bonchev–Trinajstić information content (AvgIpc) is 3.17. The van der Waals surface area contributed by atoms with Crippen LogP contribution in [0.5, 0.6) is 0 Å². The molecule has 1 aromatic carbocycles. The van der Waals surface area contributed by atoms with E-state index in [9.17, 15) is 4.79 Å². The van der Waals surface area contributed by atoms with Crippen LogP contribution in [-0.4, -0.2) is 16.9 Å². The maximum absolute atomic E-state index is 12.3. The number of carbonyl (C=O) groups is 1. The first kappa shape index (κ1) is 14.4. The molecule has 1 heterocycles. The van der Waals surface area contributed by atoms with Crippen LogP contribution >= 0.6 is 34.5 Å². The molecule has 0 unspecified atom stereocenters. The molecule has 0 atom stereocenters. The summed E-state index contributed by atoms with van der Waals surface area (Å²) >= 11 is 13.2. The predicted octanol–water partition coefficient (Wildman–Crippen LogP) is 3.86. The van der Waals surface area contributed by atoms with Gasteiger partial charge in [-0.2, -0.15) is 0 Å². The molecule has 8 heteroatoms. The molecule has 1 aliphatic carbocycles. The summed E-state index contributed by atoms with van der Waals surface area (Å²) < 4.78 is 0. The number of thiazole rings is 1. The van der Waals surface area contributed by atoms with Gasteiger partial charge in [-0.05, 0) is 25.0 Å². The summed E-state index contributed by atoms with van der Waals surface area (Å²) in [5.74, 6) is -0.142. The number of amides is 1. The quantitative estimate of drug-likeness (QED) is 0.788. The number of anilines is 3. The summed E-state index contributed by atoms with van der Waals surface area (Å²) in [6.07, 6.45) is 2.25. The van der Waals surface area contributed by atoms with Crippen LogP contribution in [0.25, 0.3) is 0 Å². The molecule has 4 N–H and O–H groups in total. The fraction of sp³-hybridized carbons (Fsp3) is 0.231. The number of aromatic nitrogens is 1. The predicted molar refractivity (Wildman–Crippen MR) is 87.6 cm³/mol. The number of hydrogen-bond acceptors (Lipinski definition) is 5. The molecule has 0 saturated heterocycles. The van der Waals surface area contributed by atoms with Crippen molar-refractivity contribution in [3.8, 4) is 0 Å². The number of hydrogen-bond donors (Lipinski definition) is 3. The first-order valence-electron chi connectivity index (χ1n) is 6.33. The smallest absolute Gasteiger partial charge is 0.269 e. The van der Waals surface area contributed by atoms with Crippen LogP contribution in [0.4, 0.5) is 16.6 Å². The van der Waals surface area contributed by atoms with Crippen molar-refractivity contribution in [2.24, 2.45) is 0 Å². The van der Waals surface area contributed by atoms with Crippen LogP contribution in [0.2, 0.25) is 10.0 Å². The monoisotopic (exact) mass is 342 g/mol. The van der Waals surface area contributed by atoms with E-state index in [0.717, 1.165) is 12.8 Å². The standard InChI is InChI=1S/C13H12Cl2N4OS/c14-7-2-1-3-8(9(7)15)18-12(20)10-11(16)19-13(21-10)17-6-4-5-6/h1-3,6H,4-5,16H2,(H,17,19)(H,18,20). The summed E-state index contributed by atoms with van der Waals surface area (Å²) in [7, 11) is 0. The summed E-state index contributed by atoms with van der Waals surface area (Å²) in [6.45, 7) is 0. The molecule has 110 valence electrons. The van der Waals surface area contributed by atoms with E-state index in [1.165, 1.54) is 11.3 Å². The van der Waals surface area contributed by atoms with Crippen molar-refractivity contribution in [2.75, 3.05) is 16.4 Å². The number of nitrogens with one attached hydrogen (secondary N) is 2. The maximum Gasteiger partial charge on any atom is 0.269 e. The van der Waals surface area contributed by atoms with Crippen molar-refractivity contribution in [1.82, 2.24) is 4.98 Å². The Kier molecular flexibility index (Phi) is 3.93. The normalized spacial score (nSPS) is 14.0. The zero-order valence-electron chi connectivity index (χ0n) is 10.8. The van der Waals surface area contributed by atoms with E-state index in [2.05, 4.69) is 15.6 Å². The van der Waals surface area contributed by atoms with E-state index < -0.39 is 0 Å². The average molecular weight is 343 g/mol. The highest BCUT2D eigenvalue weighted by Gasteiger charge is 2.24. The van der Waals surface area contributed by atoms with Gasteiger partial charge in [-0.15, -0.1) is 0 Å². The molecule has 3 rings (SSSR count). The van der Waals surface area contributed by atoms with Crippen LogP contribution < -0.4 is 16.4 Å². The van der Waals surface area contributed by atoms with E-state index in [1.54, 1.807) is 18.2 Å². The minimum atomic E-state index is -0.349. The fourth-order valence-corrected chi connectivity index (χ4v) is 2.94. The summed E-state index contributed by atoms with van der Waals surface area (Å²) in [5, 5.41) is 7.25. The third-order valence-corrected chi connectivity index (χ3v) is 4.78. The second-order valence-electron chi connectivity index (χ2n) is 4.71. The lowest BCUT2D eigenvalue weighted by Crippen LogP contribution is -2.12.